The zero-order valence-electron chi connectivity index (χ0n) is 15.9. The molecule has 0 aliphatic carbocycles. The van der Waals surface area contributed by atoms with Crippen LogP contribution in [0.25, 0.3) is 0 Å². The molecule has 1 aromatic rings. The van der Waals surface area contributed by atoms with Crippen LogP contribution in [0.4, 0.5) is 0 Å². The number of carbonyl (C=O) groups is 2. The third kappa shape index (κ3) is 3.71. The molecular formula is C20H29N5O2. The molecule has 0 aromatic carbocycles. The molecule has 0 spiro atoms. The first-order valence-electron chi connectivity index (χ1n) is 10.1. The molecule has 0 saturated carbocycles. The van der Waals surface area contributed by atoms with Crippen molar-refractivity contribution in [2.24, 2.45) is 11.8 Å². The van der Waals surface area contributed by atoms with Gasteiger partial charge in [0.25, 0.3) is 0 Å². The molecule has 1 aromatic heterocycles. The number of piperidine rings is 1. The molecule has 4 aliphatic heterocycles. The van der Waals surface area contributed by atoms with Gasteiger partial charge in [-0.25, -0.2) is 0 Å². The Balaban J connectivity index is 1.49. The van der Waals surface area contributed by atoms with Crippen LogP contribution in [0.15, 0.2) is 24.4 Å². The Morgan fingerprint density at radius 3 is 2.96 bits per heavy atom. The minimum atomic E-state index is -0.0802. The summed E-state index contributed by atoms with van der Waals surface area (Å²) in [6.45, 7) is 4.54. The maximum atomic E-state index is 13.2. The number of rotatable bonds is 5. The summed E-state index contributed by atoms with van der Waals surface area (Å²) in [6.07, 6.45) is 5.64. The fourth-order valence-corrected chi connectivity index (χ4v) is 4.72. The van der Waals surface area contributed by atoms with Crippen molar-refractivity contribution in [3.63, 3.8) is 0 Å². The number of hydrogen-bond donors (Lipinski definition) is 2. The summed E-state index contributed by atoms with van der Waals surface area (Å²) >= 11 is 0. The number of nitrogens with zero attached hydrogens (tertiary/aromatic N) is 3. The summed E-state index contributed by atoms with van der Waals surface area (Å²) in [5.74, 6) is 0.250. The van der Waals surface area contributed by atoms with E-state index in [1.54, 1.807) is 6.20 Å². The quantitative estimate of drug-likeness (QED) is 0.805. The Morgan fingerprint density at radius 2 is 2.19 bits per heavy atom. The zero-order valence-corrected chi connectivity index (χ0v) is 15.9. The second-order valence-corrected chi connectivity index (χ2v) is 7.99. The molecular weight excluding hydrogens is 342 g/mol. The van der Waals surface area contributed by atoms with E-state index < -0.39 is 0 Å². The van der Waals surface area contributed by atoms with Gasteiger partial charge in [0.2, 0.25) is 11.8 Å². The van der Waals surface area contributed by atoms with Gasteiger partial charge in [-0.1, -0.05) is 19.4 Å². The Kier molecular flexibility index (Phi) is 5.41. The highest BCUT2D eigenvalue weighted by Gasteiger charge is 2.44. The van der Waals surface area contributed by atoms with E-state index in [1.165, 1.54) is 0 Å². The van der Waals surface area contributed by atoms with Crippen molar-refractivity contribution >= 4 is 11.8 Å². The van der Waals surface area contributed by atoms with Crippen LogP contribution in [0.2, 0.25) is 0 Å². The van der Waals surface area contributed by atoms with Crippen LogP contribution in [-0.4, -0.2) is 58.3 Å². The number of carbonyl (C=O) groups excluding carboxylic acids is 2. The van der Waals surface area contributed by atoms with Crippen LogP contribution >= 0.6 is 0 Å². The van der Waals surface area contributed by atoms with Crippen molar-refractivity contribution in [2.45, 2.75) is 51.2 Å². The van der Waals surface area contributed by atoms with Crippen molar-refractivity contribution < 1.29 is 9.59 Å². The lowest BCUT2D eigenvalue weighted by Crippen LogP contribution is -2.48. The molecule has 4 aliphatic rings. The maximum Gasteiger partial charge on any atom is 0.228 e. The molecule has 5 heterocycles. The molecule has 146 valence electrons. The maximum absolute atomic E-state index is 13.2. The van der Waals surface area contributed by atoms with Gasteiger partial charge in [-0.3, -0.25) is 25.4 Å². The summed E-state index contributed by atoms with van der Waals surface area (Å²) < 4.78 is 0. The van der Waals surface area contributed by atoms with Gasteiger partial charge in [-0.2, -0.15) is 0 Å². The minimum absolute atomic E-state index is 0.0400. The molecule has 5 rings (SSSR count). The van der Waals surface area contributed by atoms with Gasteiger partial charge in [-0.05, 0) is 31.4 Å². The SMILES string of the molecule is CCCC1NNCC1C(=O)N1C[C@H]2CC[C@@H](C1)N(Cc1ccccn1)C2=O. The molecule has 0 radical (unpaired) electrons. The van der Waals surface area contributed by atoms with E-state index in [2.05, 4.69) is 22.8 Å². The van der Waals surface area contributed by atoms with E-state index in [0.717, 1.165) is 31.4 Å². The van der Waals surface area contributed by atoms with Crippen LogP contribution in [0.3, 0.4) is 0 Å². The van der Waals surface area contributed by atoms with Crippen LogP contribution in [0, 0.1) is 11.8 Å². The molecule has 7 heteroatoms. The van der Waals surface area contributed by atoms with Gasteiger partial charge in [0, 0.05) is 37.9 Å². The van der Waals surface area contributed by atoms with E-state index in [-0.39, 0.29) is 35.7 Å². The lowest BCUT2D eigenvalue weighted by Gasteiger charge is -2.35. The van der Waals surface area contributed by atoms with Gasteiger partial charge < -0.3 is 9.80 Å². The van der Waals surface area contributed by atoms with Crippen molar-refractivity contribution in [2.75, 3.05) is 19.6 Å². The van der Waals surface area contributed by atoms with Crippen LogP contribution in [0.1, 0.15) is 38.3 Å². The van der Waals surface area contributed by atoms with Gasteiger partial charge in [0.15, 0.2) is 0 Å². The van der Waals surface area contributed by atoms with E-state index in [1.807, 2.05) is 28.0 Å². The number of hydrogen-bond acceptors (Lipinski definition) is 5. The standard InChI is InChI=1S/C20H29N5O2/c1-2-5-18-17(10-22-23-18)20(27)24-11-14-7-8-16(13-24)25(19(14)26)12-15-6-3-4-9-21-15/h3-4,6,9,14,16-18,22-23H,2,5,7-8,10-13H2,1H3/t14-,16+,17?,18?/m1/s1. The summed E-state index contributed by atoms with van der Waals surface area (Å²) in [5, 5.41) is 0. The third-order valence-electron chi connectivity index (χ3n) is 6.18. The van der Waals surface area contributed by atoms with E-state index in [9.17, 15) is 9.59 Å². The Labute approximate surface area is 160 Å². The first kappa shape index (κ1) is 18.4. The fourth-order valence-electron chi connectivity index (χ4n) is 4.72. The summed E-state index contributed by atoms with van der Waals surface area (Å²) in [6, 6.07) is 6.07. The number of aromatic nitrogens is 1. The zero-order chi connectivity index (χ0) is 18.8. The normalized spacial score (nSPS) is 30.6. The highest BCUT2D eigenvalue weighted by atomic mass is 16.2. The molecule has 4 atom stereocenters. The second kappa shape index (κ2) is 7.94. The number of pyridine rings is 1. The number of fused-ring (bicyclic) bond motifs is 4. The van der Waals surface area contributed by atoms with Crippen molar-refractivity contribution in [1.29, 1.82) is 0 Å². The average Bonchev–Trinajstić information content (AvgIpc) is 2.97. The lowest BCUT2D eigenvalue weighted by molar-refractivity contribution is -0.140. The number of nitrogens with one attached hydrogen (secondary N) is 2. The van der Waals surface area contributed by atoms with E-state index >= 15 is 0 Å². The highest BCUT2D eigenvalue weighted by Crippen LogP contribution is 2.31. The molecule has 2 bridgehead atoms. The Bertz CT molecular complexity index is 682. The first-order chi connectivity index (χ1) is 13.2. The van der Waals surface area contributed by atoms with Crippen molar-refractivity contribution in [1.82, 2.24) is 25.6 Å². The first-order valence-corrected chi connectivity index (χ1v) is 10.1. The largest absolute Gasteiger partial charge is 0.340 e. The summed E-state index contributed by atoms with van der Waals surface area (Å²) in [7, 11) is 0. The van der Waals surface area contributed by atoms with Crippen LogP contribution in [0.5, 0.6) is 0 Å². The Morgan fingerprint density at radius 1 is 1.30 bits per heavy atom. The molecule has 2 unspecified atom stereocenters. The lowest BCUT2D eigenvalue weighted by atomic mass is 9.93. The molecule has 27 heavy (non-hydrogen) atoms. The third-order valence-corrected chi connectivity index (χ3v) is 6.18. The predicted octanol–water partition coefficient (Wildman–Crippen LogP) is 0.924. The number of amides is 2. The van der Waals surface area contributed by atoms with Crippen molar-refractivity contribution in [3.05, 3.63) is 30.1 Å². The smallest absolute Gasteiger partial charge is 0.228 e. The number of hydrazine groups is 1. The fraction of sp³-hybridized carbons (Fsp3) is 0.650. The van der Waals surface area contributed by atoms with E-state index in [4.69, 9.17) is 0 Å². The van der Waals surface area contributed by atoms with Crippen molar-refractivity contribution in [3.8, 4) is 0 Å². The molecule has 7 nitrogen and oxygen atoms in total. The van der Waals surface area contributed by atoms with Gasteiger partial charge in [-0.15, -0.1) is 0 Å². The predicted molar refractivity (Wildman–Crippen MR) is 101 cm³/mol. The van der Waals surface area contributed by atoms with E-state index in [0.29, 0.717) is 26.2 Å². The highest BCUT2D eigenvalue weighted by molar-refractivity contribution is 5.84. The van der Waals surface area contributed by atoms with Gasteiger partial charge in [0.05, 0.1) is 24.1 Å². The molecule has 4 saturated heterocycles. The molecule has 4 fully saturated rings. The minimum Gasteiger partial charge on any atom is -0.340 e. The topological polar surface area (TPSA) is 77.6 Å². The summed E-state index contributed by atoms with van der Waals surface area (Å²) in [4.78, 5) is 34.5. The Hall–Kier alpha value is -1.99. The van der Waals surface area contributed by atoms with Gasteiger partial charge in [0.1, 0.15) is 0 Å². The van der Waals surface area contributed by atoms with Crippen LogP contribution < -0.4 is 10.9 Å². The monoisotopic (exact) mass is 371 g/mol. The second-order valence-electron chi connectivity index (χ2n) is 7.99. The van der Waals surface area contributed by atoms with Crippen LogP contribution in [-0.2, 0) is 16.1 Å². The average molecular weight is 371 g/mol. The molecule has 2 N–H and O–H groups in total. The summed E-state index contributed by atoms with van der Waals surface area (Å²) in [5.41, 5.74) is 7.30. The van der Waals surface area contributed by atoms with Gasteiger partial charge >= 0.3 is 0 Å². The molecule has 2 amide bonds.